The molecule has 0 saturated heterocycles. The van der Waals surface area contributed by atoms with Gasteiger partial charge in [-0.1, -0.05) is 18.2 Å². The molecule has 2 atom stereocenters. The van der Waals surface area contributed by atoms with E-state index in [4.69, 9.17) is 5.73 Å². The molecule has 1 aliphatic heterocycles. The van der Waals surface area contributed by atoms with Crippen LogP contribution in [0.25, 0.3) is 0 Å². The van der Waals surface area contributed by atoms with Crippen LogP contribution in [0.1, 0.15) is 22.6 Å². The van der Waals surface area contributed by atoms with E-state index in [1.165, 1.54) is 15.3 Å². The van der Waals surface area contributed by atoms with E-state index < -0.39 is 0 Å². The number of thiazole rings is 1. The lowest BCUT2D eigenvalue weighted by Gasteiger charge is -2.15. The Morgan fingerprint density at radius 2 is 2.18 bits per heavy atom. The topological polar surface area (TPSA) is 68.0 Å². The second kappa shape index (κ2) is 5.68. The van der Waals surface area contributed by atoms with Gasteiger partial charge in [-0.15, -0.1) is 23.1 Å². The van der Waals surface area contributed by atoms with Crippen molar-refractivity contribution in [3.8, 4) is 0 Å². The Kier molecular flexibility index (Phi) is 3.68. The van der Waals surface area contributed by atoms with Crippen molar-refractivity contribution >= 4 is 34.1 Å². The van der Waals surface area contributed by atoms with Crippen LogP contribution in [0.15, 0.2) is 29.2 Å². The fourth-order valence-electron chi connectivity index (χ4n) is 2.97. The Balaban J connectivity index is 1.45. The van der Waals surface area contributed by atoms with Gasteiger partial charge in [0.15, 0.2) is 5.13 Å². The first-order valence-corrected chi connectivity index (χ1v) is 9.18. The molecule has 6 heteroatoms. The second-order valence-corrected chi connectivity index (χ2v) is 8.13. The maximum Gasteiger partial charge on any atom is 0.239 e. The van der Waals surface area contributed by atoms with E-state index in [1.807, 2.05) is 12.1 Å². The van der Waals surface area contributed by atoms with Gasteiger partial charge in [-0.3, -0.25) is 4.79 Å². The smallest absolute Gasteiger partial charge is 0.239 e. The van der Waals surface area contributed by atoms with E-state index >= 15 is 0 Å². The molecule has 0 radical (unpaired) electrons. The van der Waals surface area contributed by atoms with Gasteiger partial charge in [0.25, 0.3) is 0 Å². The fourth-order valence-corrected chi connectivity index (χ4v) is 5.27. The SMILES string of the molecule is N[C@H]1CCc2nc(NC(=O)C3Cc4ccccc4S3)sc2C1. The number of carbonyl (C=O) groups is 1. The minimum Gasteiger partial charge on any atom is -0.327 e. The van der Waals surface area contributed by atoms with E-state index in [1.54, 1.807) is 23.1 Å². The minimum atomic E-state index is -0.0550. The number of nitrogens with zero attached hydrogens (tertiary/aromatic N) is 1. The van der Waals surface area contributed by atoms with Crippen LogP contribution in [-0.2, 0) is 24.1 Å². The zero-order valence-electron chi connectivity index (χ0n) is 12.0. The van der Waals surface area contributed by atoms with Crippen molar-refractivity contribution in [2.45, 2.75) is 41.9 Å². The van der Waals surface area contributed by atoms with Crippen molar-refractivity contribution < 1.29 is 4.79 Å². The van der Waals surface area contributed by atoms with Gasteiger partial charge in [0.1, 0.15) is 0 Å². The predicted octanol–water partition coefficient (Wildman–Crippen LogP) is 2.61. The van der Waals surface area contributed by atoms with Crippen molar-refractivity contribution in [2.75, 3.05) is 5.32 Å². The molecule has 1 unspecified atom stereocenters. The number of thioether (sulfide) groups is 1. The highest BCUT2D eigenvalue weighted by molar-refractivity contribution is 8.01. The second-order valence-electron chi connectivity index (χ2n) is 5.80. The fraction of sp³-hybridized carbons (Fsp3) is 0.375. The zero-order valence-corrected chi connectivity index (χ0v) is 13.7. The van der Waals surface area contributed by atoms with Crippen LogP contribution in [-0.4, -0.2) is 22.2 Å². The summed E-state index contributed by atoms with van der Waals surface area (Å²) in [5.41, 5.74) is 8.37. The molecular formula is C16H17N3OS2. The standard InChI is InChI=1S/C16H17N3OS2/c17-10-5-6-11-13(8-10)22-16(18-11)19-15(20)14-7-9-3-1-2-4-12(9)21-14/h1-4,10,14H,5-8,17H2,(H,18,19,20)/t10-,14?/m0/s1. The van der Waals surface area contributed by atoms with Crippen LogP contribution in [0.3, 0.4) is 0 Å². The van der Waals surface area contributed by atoms with Crippen LogP contribution in [0.5, 0.6) is 0 Å². The summed E-state index contributed by atoms with van der Waals surface area (Å²) in [5.74, 6) is 0.0524. The van der Waals surface area contributed by atoms with Crippen LogP contribution >= 0.6 is 23.1 Å². The summed E-state index contributed by atoms with van der Waals surface area (Å²) in [6, 6.07) is 8.45. The molecule has 0 saturated carbocycles. The van der Waals surface area contributed by atoms with Gasteiger partial charge in [0, 0.05) is 15.8 Å². The summed E-state index contributed by atoms with van der Waals surface area (Å²) in [5, 5.41) is 3.67. The third-order valence-corrected chi connectivity index (χ3v) is 6.50. The number of nitrogens with two attached hydrogens (primary N) is 1. The molecule has 0 fully saturated rings. The number of aromatic nitrogens is 1. The molecular weight excluding hydrogens is 314 g/mol. The van der Waals surface area contributed by atoms with Crippen molar-refractivity contribution in [3.63, 3.8) is 0 Å². The average Bonchev–Trinajstić information content (AvgIpc) is 3.09. The Labute approximate surface area is 137 Å². The minimum absolute atomic E-state index is 0.0524. The van der Waals surface area contributed by atoms with Crippen molar-refractivity contribution in [3.05, 3.63) is 40.4 Å². The molecule has 1 amide bonds. The summed E-state index contributed by atoms with van der Waals surface area (Å²) in [7, 11) is 0. The molecule has 114 valence electrons. The number of hydrogen-bond donors (Lipinski definition) is 2. The first kappa shape index (κ1) is 14.2. The van der Waals surface area contributed by atoms with E-state index in [0.29, 0.717) is 0 Å². The number of carbonyl (C=O) groups excluding carboxylic acids is 1. The molecule has 1 aromatic carbocycles. The molecule has 1 aliphatic carbocycles. The number of fused-ring (bicyclic) bond motifs is 2. The van der Waals surface area contributed by atoms with Crippen molar-refractivity contribution in [2.24, 2.45) is 5.73 Å². The molecule has 1 aromatic heterocycles. The van der Waals surface area contributed by atoms with Gasteiger partial charge in [-0.05, 0) is 37.3 Å². The number of benzene rings is 1. The first-order chi connectivity index (χ1) is 10.7. The lowest BCUT2D eigenvalue weighted by Crippen LogP contribution is -2.27. The molecule has 4 nitrogen and oxygen atoms in total. The molecule has 4 rings (SSSR count). The number of nitrogens with one attached hydrogen (secondary N) is 1. The Hall–Kier alpha value is -1.37. The number of aryl methyl sites for hydroxylation is 1. The van der Waals surface area contributed by atoms with Gasteiger partial charge < -0.3 is 11.1 Å². The highest BCUT2D eigenvalue weighted by Crippen LogP contribution is 2.37. The highest BCUT2D eigenvalue weighted by Gasteiger charge is 2.29. The predicted molar refractivity (Wildman–Crippen MR) is 90.5 cm³/mol. The van der Waals surface area contributed by atoms with Gasteiger partial charge in [-0.25, -0.2) is 4.98 Å². The molecule has 0 bridgehead atoms. The summed E-state index contributed by atoms with van der Waals surface area (Å²) < 4.78 is 0. The molecule has 0 spiro atoms. The third kappa shape index (κ3) is 2.66. The van der Waals surface area contributed by atoms with Crippen LogP contribution in [0, 0.1) is 0 Å². The Morgan fingerprint density at radius 3 is 3.05 bits per heavy atom. The third-order valence-electron chi connectivity index (χ3n) is 4.15. The summed E-state index contributed by atoms with van der Waals surface area (Å²) in [6.07, 6.45) is 3.58. The molecule has 2 aliphatic rings. The largest absolute Gasteiger partial charge is 0.327 e. The Bertz CT molecular complexity index is 703. The van der Waals surface area contributed by atoms with Crippen molar-refractivity contribution in [1.29, 1.82) is 0 Å². The summed E-state index contributed by atoms with van der Waals surface area (Å²) >= 11 is 3.22. The van der Waals surface area contributed by atoms with Crippen LogP contribution < -0.4 is 11.1 Å². The van der Waals surface area contributed by atoms with E-state index in [2.05, 4.69) is 22.4 Å². The Morgan fingerprint density at radius 1 is 1.32 bits per heavy atom. The number of rotatable bonds is 2. The number of amides is 1. The van der Waals surface area contributed by atoms with Gasteiger partial charge in [-0.2, -0.15) is 0 Å². The molecule has 2 heterocycles. The summed E-state index contributed by atoms with van der Waals surface area (Å²) in [4.78, 5) is 19.5. The lowest BCUT2D eigenvalue weighted by molar-refractivity contribution is -0.115. The quantitative estimate of drug-likeness (QED) is 0.888. The first-order valence-electron chi connectivity index (χ1n) is 7.48. The lowest BCUT2D eigenvalue weighted by atomic mass is 9.99. The molecule has 3 N–H and O–H groups in total. The van der Waals surface area contributed by atoms with Gasteiger partial charge in [0.05, 0.1) is 10.9 Å². The van der Waals surface area contributed by atoms with Gasteiger partial charge >= 0.3 is 0 Å². The van der Waals surface area contributed by atoms with Crippen LogP contribution in [0.4, 0.5) is 5.13 Å². The average molecular weight is 331 g/mol. The van der Waals surface area contributed by atoms with Crippen molar-refractivity contribution in [1.82, 2.24) is 4.98 Å². The zero-order chi connectivity index (χ0) is 15.1. The molecule has 2 aromatic rings. The molecule has 22 heavy (non-hydrogen) atoms. The highest BCUT2D eigenvalue weighted by atomic mass is 32.2. The summed E-state index contributed by atoms with van der Waals surface area (Å²) in [6.45, 7) is 0. The number of hydrogen-bond acceptors (Lipinski definition) is 5. The van der Waals surface area contributed by atoms with Crippen LogP contribution in [0.2, 0.25) is 0 Å². The maximum atomic E-state index is 12.5. The number of anilines is 1. The maximum absolute atomic E-state index is 12.5. The normalized spacial score (nSPS) is 23.0. The van der Waals surface area contributed by atoms with Gasteiger partial charge in [0.2, 0.25) is 5.91 Å². The van der Waals surface area contributed by atoms with E-state index in [-0.39, 0.29) is 17.2 Å². The monoisotopic (exact) mass is 331 g/mol. The van der Waals surface area contributed by atoms with E-state index in [0.717, 1.165) is 36.5 Å². The van der Waals surface area contributed by atoms with E-state index in [9.17, 15) is 4.79 Å².